The third-order valence-electron chi connectivity index (χ3n) is 9.38. The summed E-state index contributed by atoms with van der Waals surface area (Å²) in [7, 11) is 0. The average molecular weight is 737 g/mol. The fourth-order valence-electron chi connectivity index (χ4n) is 6.64. The van der Waals surface area contributed by atoms with Crippen LogP contribution in [0.3, 0.4) is 0 Å². The van der Waals surface area contributed by atoms with Crippen molar-refractivity contribution >= 4 is 5.97 Å². The fraction of sp³-hybridized carbons (Fsp3) is 0.213. The smallest absolute Gasteiger partial charge is 0.335 e. The van der Waals surface area contributed by atoms with Crippen LogP contribution >= 0.6 is 0 Å². The Balaban J connectivity index is 1.27. The molecule has 280 valence electrons. The minimum absolute atomic E-state index is 0.164. The van der Waals surface area contributed by atoms with E-state index in [0.717, 1.165) is 38.9 Å². The number of carbonyl (C=O) groups is 1. The molecule has 6 aromatic rings. The maximum Gasteiger partial charge on any atom is 0.335 e. The second-order valence-corrected chi connectivity index (χ2v) is 13.2. The van der Waals surface area contributed by atoms with Crippen molar-refractivity contribution in [3.63, 3.8) is 0 Å². The van der Waals surface area contributed by atoms with Crippen molar-refractivity contribution in [1.82, 2.24) is 0 Å². The first-order valence-corrected chi connectivity index (χ1v) is 18.5. The molecule has 8 nitrogen and oxygen atoms in total. The lowest BCUT2D eigenvalue weighted by molar-refractivity contribution is -0.200. The van der Waals surface area contributed by atoms with E-state index in [2.05, 4.69) is 6.92 Å². The molecule has 0 bridgehead atoms. The topological polar surface area (TPSA) is 92.7 Å². The summed E-state index contributed by atoms with van der Waals surface area (Å²) in [6, 6.07) is 48.5. The summed E-state index contributed by atoms with van der Waals surface area (Å²) in [5, 5.41) is 10.0. The van der Waals surface area contributed by atoms with Gasteiger partial charge in [0.2, 0.25) is 12.6 Å². The molecule has 1 N–H and O–H groups in total. The zero-order chi connectivity index (χ0) is 37.8. The molecule has 0 spiro atoms. The van der Waals surface area contributed by atoms with Gasteiger partial charge in [0.25, 0.3) is 0 Å². The van der Waals surface area contributed by atoms with Crippen LogP contribution in [-0.2, 0) is 58.2 Å². The molecule has 0 saturated carbocycles. The number of benzene rings is 6. The molecule has 7 rings (SSSR count). The van der Waals surface area contributed by atoms with E-state index >= 15 is 0 Å². The molecule has 55 heavy (non-hydrogen) atoms. The molecule has 1 heterocycles. The van der Waals surface area contributed by atoms with E-state index in [4.69, 9.17) is 28.4 Å². The predicted molar refractivity (Wildman–Crippen MR) is 209 cm³/mol. The summed E-state index contributed by atoms with van der Waals surface area (Å²) in [6.07, 6.45) is -1.53. The van der Waals surface area contributed by atoms with Crippen LogP contribution in [0.25, 0.3) is 11.1 Å². The summed E-state index contributed by atoms with van der Waals surface area (Å²) in [4.78, 5) is 12.2. The second-order valence-electron chi connectivity index (χ2n) is 13.2. The van der Waals surface area contributed by atoms with E-state index in [1.165, 1.54) is 0 Å². The van der Waals surface area contributed by atoms with Gasteiger partial charge in [-0.15, -0.1) is 0 Å². The van der Waals surface area contributed by atoms with E-state index in [1.807, 2.05) is 133 Å². The summed E-state index contributed by atoms with van der Waals surface area (Å²) in [5.74, 6) is 0.190. The molecule has 0 amide bonds. The van der Waals surface area contributed by atoms with Gasteiger partial charge in [-0.2, -0.15) is 0 Å². The van der Waals surface area contributed by atoms with Crippen molar-refractivity contribution in [3.8, 4) is 22.6 Å². The molecule has 0 aliphatic carbocycles. The van der Waals surface area contributed by atoms with Gasteiger partial charge in [0.15, 0.2) is 6.29 Å². The molecule has 1 aliphatic rings. The van der Waals surface area contributed by atoms with Gasteiger partial charge in [0, 0.05) is 18.1 Å². The van der Waals surface area contributed by atoms with Crippen LogP contribution in [0.4, 0.5) is 0 Å². The van der Waals surface area contributed by atoms with E-state index < -0.39 is 24.8 Å². The Hall–Kier alpha value is -5.77. The SMILES string of the molecule is CCc1c(OCc2ccccc2)cc(OCc2ccccc2)c(-c2cccc(C(=O)O)c2)c1CC1O[C@H](OCc2ccccc2)[C@@H](OCc2ccccc2)O1. The lowest BCUT2D eigenvalue weighted by Crippen LogP contribution is -2.28. The van der Waals surface area contributed by atoms with Crippen LogP contribution in [-0.4, -0.2) is 29.9 Å². The van der Waals surface area contributed by atoms with Crippen LogP contribution in [0.15, 0.2) is 152 Å². The second kappa shape index (κ2) is 18.5. The molecule has 1 fully saturated rings. The zero-order valence-corrected chi connectivity index (χ0v) is 30.7. The molecule has 6 aromatic carbocycles. The number of carboxylic acids is 1. The molecule has 1 saturated heterocycles. The molecule has 8 heteroatoms. The van der Waals surface area contributed by atoms with Gasteiger partial charge in [-0.05, 0) is 57.5 Å². The minimum Gasteiger partial charge on any atom is -0.488 e. The first-order valence-electron chi connectivity index (χ1n) is 18.5. The standard InChI is InChI=1S/C47H44O8/c1-2-39-40(27-43-54-46(52-31-35-20-11-5-12-21-35)47(55-43)53-32-36-22-13-6-14-23-36)44(37-24-15-25-38(26-37)45(48)49)42(51-30-34-18-9-4-10-19-34)28-41(39)50-29-33-16-7-3-8-17-33/h3-26,28,43,46-47H,2,27,29-32H2,1H3,(H,48,49)/t46-,47-/m0/s1. The van der Waals surface area contributed by atoms with Gasteiger partial charge in [-0.25, -0.2) is 4.79 Å². The van der Waals surface area contributed by atoms with Gasteiger partial charge in [0.05, 0.1) is 18.8 Å². The van der Waals surface area contributed by atoms with Gasteiger partial charge in [-0.3, -0.25) is 0 Å². The van der Waals surface area contributed by atoms with Gasteiger partial charge < -0.3 is 33.5 Å². The normalized spacial score (nSPS) is 15.5. The lowest BCUT2D eigenvalue weighted by Gasteiger charge is -2.24. The number of carboxylic acid groups (broad SMARTS) is 1. The number of ether oxygens (including phenoxy) is 6. The van der Waals surface area contributed by atoms with Gasteiger partial charge in [-0.1, -0.05) is 140 Å². The molecule has 1 aliphatic heterocycles. The van der Waals surface area contributed by atoms with Crippen LogP contribution in [0.5, 0.6) is 11.5 Å². The van der Waals surface area contributed by atoms with Crippen LogP contribution in [0.2, 0.25) is 0 Å². The Bertz CT molecular complexity index is 2070. The van der Waals surface area contributed by atoms with Crippen LogP contribution in [0.1, 0.15) is 50.7 Å². The first-order chi connectivity index (χ1) is 27.0. The lowest BCUT2D eigenvalue weighted by atomic mass is 9.89. The van der Waals surface area contributed by atoms with Crippen molar-refractivity contribution in [2.24, 2.45) is 0 Å². The molecule has 2 atom stereocenters. The van der Waals surface area contributed by atoms with E-state index in [1.54, 1.807) is 18.2 Å². The number of rotatable bonds is 17. The Labute approximate surface area is 321 Å². The fourth-order valence-corrected chi connectivity index (χ4v) is 6.64. The third-order valence-corrected chi connectivity index (χ3v) is 9.38. The van der Waals surface area contributed by atoms with Crippen molar-refractivity contribution < 1.29 is 38.3 Å². The monoisotopic (exact) mass is 736 g/mol. The van der Waals surface area contributed by atoms with Crippen LogP contribution < -0.4 is 9.47 Å². The number of aromatic carboxylic acids is 1. The zero-order valence-electron chi connectivity index (χ0n) is 30.7. The summed E-state index contributed by atoms with van der Waals surface area (Å²) < 4.78 is 38.9. The third kappa shape index (κ3) is 9.86. The van der Waals surface area contributed by atoms with E-state index in [-0.39, 0.29) is 18.6 Å². The molecular weight excluding hydrogens is 693 g/mol. The molecular formula is C47H44O8. The first kappa shape index (κ1) is 37.5. The highest BCUT2D eigenvalue weighted by molar-refractivity contribution is 5.90. The number of hydrogen-bond acceptors (Lipinski definition) is 7. The largest absolute Gasteiger partial charge is 0.488 e. The van der Waals surface area contributed by atoms with Gasteiger partial charge >= 0.3 is 5.97 Å². The Morgan fingerprint density at radius 1 is 0.564 bits per heavy atom. The maximum absolute atomic E-state index is 12.2. The summed E-state index contributed by atoms with van der Waals surface area (Å²) in [5.41, 5.74) is 7.38. The highest BCUT2D eigenvalue weighted by atomic mass is 16.9. The van der Waals surface area contributed by atoms with Crippen molar-refractivity contribution in [2.45, 2.75) is 65.1 Å². The van der Waals surface area contributed by atoms with E-state index in [9.17, 15) is 9.90 Å². The Morgan fingerprint density at radius 2 is 1.04 bits per heavy atom. The van der Waals surface area contributed by atoms with Crippen LogP contribution in [0, 0.1) is 0 Å². The highest BCUT2D eigenvalue weighted by Gasteiger charge is 2.39. The van der Waals surface area contributed by atoms with Crippen molar-refractivity contribution in [3.05, 3.63) is 191 Å². The molecule has 0 unspecified atom stereocenters. The highest BCUT2D eigenvalue weighted by Crippen LogP contribution is 2.43. The number of hydrogen-bond donors (Lipinski definition) is 1. The van der Waals surface area contributed by atoms with Gasteiger partial charge in [0.1, 0.15) is 24.7 Å². The van der Waals surface area contributed by atoms with E-state index in [0.29, 0.717) is 43.3 Å². The average Bonchev–Trinajstić information content (AvgIpc) is 3.63. The summed E-state index contributed by atoms with van der Waals surface area (Å²) >= 11 is 0. The van der Waals surface area contributed by atoms with Crippen molar-refractivity contribution in [1.29, 1.82) is 0 Å². The maximum atomic E-state index is 12.2. The molecule has 0 radical (unpaired) electrons. The Kier molecular flexibility index (Phi) is 12.6. The van der Waals surface area contributed by atoms with Crippen molar-refractivity contribution in [2.75, 3.05) is 0 Å². The quantitative estimate of drug-likeness (QED) is 0.0990. The summed E-state index contributed by atoms with van der Waals surface area (Å²) in [6.45, 7) is 3.32. The molecule has 0 aromatic heterocycles. The minimum atomic E-state index is -1.02. The predicted octanol–water partition coefficient (Wildman–Crippen LogP) is 9.77. The Morgan fingerprint density at radius 3 is 1.51 bits per heavy atom.